The molecule has 4 rings (SSSR count). The lowest BCUT2D eigenvalue weighted by Gasteiger charge is -2.18. The molecule has 38 heavy (non-hydrogen) atoms. The predicted octanol–water partition coefficient (Wildman–Crippen LogP) is 4.50. The lowest BCUT2D eigenvalue weighted by Crippen LogP contribution is -2.33. The minimum absolute atomic E-state index is 0.0713. The molecular weight excluding hydrogens is 484 g/mol. The number of para-hydroxylation sites is 1. The fourth-order valence-electron chi connectivity index (χ4n) is 4.47. The maximum Gasteiger partial charge on any atom is 0.326 e. The fourth-order valence-corrected chi connectivity index (χ4v) is 4.47. The molecule has 1 unspecified atom stereocenters. The van der Waals surface area contributed by atoms with Gasteiger partial charge in [0.1, 0.15) is 0 Å². The van der Waals surface area contributed by atoms with Crippen LogP contribution in [0.4, 0.5) is 21.9 Å². The minimum atomic E-state index is -0.933. The number of hydrogen-bond acceptors (Lipinski definition) is 4. The zero-order valence-electron chi connectivity index (χ0n) is 21.1. The van der Waals surface area contributed by atoms with Crippen LogP contribution >= 0.6 is 0 Å². The first-order valence-corrected chi connectivity index (χ1v) is 12.4. The zero-order valence-corrected chi connectivity index (χ0v) is 21.1. The molecule has 0 radical (unpaired) electrons. The molecule has 1 atom stereocenters. The average Bonchev–Trinajstić information content (AvgIpc) is 3.32. The number of carboxylic acid groups (broad SMARTS) is 1. The molecule has 3 aromatic rings. The van der Waals surface area contributed by atoms with Gasteiger partial charge in [-0.2, -0.15) is 0 Å². The number of fused-ring (bicyclic) bond motifs is 1. The highest BCUT2D eigenvalue weighted by atomic mass is 16.4. The summed E-state index contributed by atoms with van der Waals surface area (Å²) in [6.07, 6.45) is 1.18. The first-order valence-electron chi connectivity index (χ1n) is 12.4. The van der Waals surface area contributed by atoms with Gasteiger partial charge in [0.05, 0.1) is 12.5 Å². The summed E-state index contributed by atoms with van der Waals surface area (Å²) in [5, 5.41) is 17.5. The smallest absolute Gasteiger partial charge is 0.326 e. The van der Waals surface area contributed by atoms with E-state index in [0.717, 1.165) is 28.8 Å². The van der Waals surface area contributed by atoms with Gasteiger partial charge in [0.2, 0.25) is 11.8 Å². The molecule has 196 valence electrons. The molecule has 0 aliphatic carbocycles. The van der Waals surface area contributed by atoms with E-state index < -0.39 is 12.0 Å². The zero-order chi connectivity index (χ0) is 27.1. The monoisotopic (exact) mass is 514 g/mol. The minimum Gasteiger partial charge on any atom is -0.481 e. The lowest BCUT2D eigenvalue weighted by molar-refractivity contribution is -0.137. The van der Waals surface area contributed by atoms with Crippen molar-refractivity contribution in [3.63, 3.8) is 0 Å². The van der Waals surface area contributed by atoms with Crippen molar-refractivity contribution in [1.82, 2.24) is 5.32 Å². The third kappa shape index (κ3) is 6.97. The van der Waals surface area contributed by atoms with Crippen molar-refractivity contribution in [2.24, 2.45) is 0 Å². The van der Waals surface area contributed by atoms with E-state index in [9.17, 15) is 19.2 Å². The highest BCUT2D eigenvalue weighted by molar-refractivity contribution is 6.03. The lowest BCUT2D eigenvalue weighted by atomic mass is 10.0. The number of nitrogens with zero attached hydrogens (tertiary/aromatic N) is 1. The van der Waals surface area contributed by atoms with Gasteiger partial charge in [-0.1, -0.05) is 42.5 Å². The van der Waals surface area contributed by atoms with Gasteiger partial charge in [-0.05, 0) is 59.9 Å². The number of urea groups is 1. The first kappa shape index (κ1) is 26.4. The molecule has 0 bridgehead atoms. The molecule has 9 heteroatoms. The molecule has 0 fully saturated rings. The molecule has 1 aliphatic rings. The van der Waals surface area contributed by atoms with Gasteiger partial charge in [-0.15, -0.1) is 0 Å². The molecule has 0 spiro atoms. The molecule has 9 nitrogen and oxygen atoms in total. The Labute approximate surface area is 220 Å². The normalized spacial score (nSPS) is 12.8. The van der Waals surface area contributed by atoms with E-state index in [1.54, 1.807) is 53.4 Å². The Bertz CT molecular complexity index is 1320. The number of rotatable bonds is 9. The number of carbonyl (C=O) groups is 4. The van der Waals surface area contributed by atoms with Crippen LogP contribution in [-0.2, 0) is 27.2 Å². The second-order valence-corrected chi connectivity index (χ2v) is 9.19. The topological polar surface area (TPSA) is 128 Å². The van der Waals surface area contributed by atoms with E-state index in [0.29, 0.717) is 17.9 Å². The van der Waals surface area contributed by atoms with Gasteiger partial charge >= 0.3 is 12.0 Å². The summed E-state index contributed by atoms with van der Waals surface area (Å²) in [5.41, 5.74) is 4.88. The third-order valence-corrected chi connectivity index (χ3v) is 6.32. The van der Waals surface area contributed by atoms with Crippen molar-refractivity contribution in [2.45, 2.75) is 38.6 Å². The van der Waals surface area contributed by atoms with Gasteiger partial charge in [0.15, 0.2) is 0 Å². The van der Waals surface area contributed by atoms with E-state index in [-0.39, 0.29) is 37.1 Å². The summed E-state index contributed by atoms with van der Waals surface area (Å²) < 4.78 is 0. The van der Waals surface area contributed by atoms with Gasteiger partial charge in [-0.25, -0.2) is 4.79 Å². The second kappa shape index (κ2) is 12.1. The first-order chi connectivity index (χ1) is 18.3. The van der Waals surface area contributed by atoms with Crippen LogP contribution in [-0.4, -0.2) is 35.5 Å². The Morgan fingerprint density at radius 3 is 2.24 bits per heavy atom. The Morgan fingerprint density at radius 2 is 1.55 bits per heavy atom. The van der Waals surface area contributed by atoms with Crippen LogP contribution in [0.3, 0.4) is 0 Å². The second-order valence-electron chi connectivity index (χ2n) is 9.19. The maximum atomic E-state index is 12.7. The van der Waals surface area contributed by atoms with E-state index in [2.05, 4.69) is 16.0 Å². The summed E-state index contributed by atoms with van der Waals surface area (Å²) >= 11 is 0. The number of nitrogens with one attached hydrogen (secondary N) is 3. The molecule has 4 amide bonds. The molecule has 1 aliphatic heterocycles. The number of aliphatic carboxylic acids is 1. The summed E-state index contributed by atoms with van der Waals surface area (Å²) in [4.78, 5) is 49.5. The van der Waals surface area contributed by atoms with Crippen LogP contribution < -0.4 is 20.9 Å². The van der Waals surface area contributed by atoms with Crippen LogP contribution in [0.25, 0.3) is 0 Å². The Balaban J connectivity index is 1.30. The number of hydrogen-bond donors (Lipinski definition) is 4. The highest BCUT2D eigenvalue weighted by Crippen LogP contribution is 2.28. The van der Waals surface area contributed by atoms with E-state index in [1.807, 2.05) is 24.3 Å². The van der Waals surface area contributed by atoms with Crippen LogP contribution in [0.15, 0.2) is 72.8 Å². The Hall–Kier alpha value is -4.66. The van der Waals surface area contributed by atoms with Crippen molar-refractivity contribution in [3.8, 4) is 0 Å². The van der Waals surface area contributed by atoms with Crippen LogP contribution in [0, 0.1) is 0 Å². The van der Waals surface area contributed by atoms with Crippen LogP contribution in [0.1, 0.15) is 42.5 Å². The van der Waals surface area contributed by atoms with Gasteiger partial charge in [-0.3, -0.25) is 19.3 Å². The van der Waals surface area contributed by atoms with Gasteiger partial charge in [0, 0.05) is 37.0 Å². The van der Waals surface area contributed by atoms with Crippen molar-refractivity contribution >= 4 is 40.9 Å². The number of carboxylic acids is 1. The van der Waals surface area contributed by atoms with Gasteiger partial charge in [0.25, 0.3) is 0 Å². The number of anilines is 3. The van der Waals surface area contributed by atoms with E-state index in [4.69, 9.17) is 5.11 Å². The standard InChI is InChI=1S/C29H30N4O5/c1-19(34)30-25(14-15-28(36)37)21-8-12-23(13-9-21)31-27(35)18-20-6-10-24(11-7-20)32-29(38)33-17-16-22-4-2-3-5-26(22)33/h2-13,25H,14-18H2,1H3,(H,30,34)(H,31,35)(H,32,38)(H,36,37). The van der Waals surface area contributed by atoms with Crippen molar-refractivity contribution in [1.29, 1.82) is 0 Å². The van der Waals surface area contributed by atoms with Crippen molar-refractivity contribution < 1.29 is 24.3 Å². The number of benzene rings is 3. The molecule has 0 aromatic heterocycles. The molecular formula is C29H30N4O5. The summed E-state index contributed by atoms with van der Waals surface area (Å²) in [7, 11) is 0. The fraction of sp³-hybridized carbons (Fsp3) is 0.241. The maximum absolute atomic E-state index is 12.7. The van der Waals surface area contributed by atoms with E-state index in [1.165, 1.54) is 6.92 Å². The largest absolute Gasteiger partial charge is 0.481 e. The quantitative estimate of drug-likeness (QED) is 0.334. The molecule has 1 heterocycles. The van der Waals surface area contributed by atoms with Gasteiger partial charge < -0.3 is 21.1 Å². The summed E-state index contributed by atoms with van der Waals surface area (Å²) in [6.45, 7) is 2.02. The SMILES string of the molecule is CC(=O)NC(CCC(=O)O)c1ccc(NC(=O)Cc2ccc(NC(=O)N3CCc4ccccc43)cc2)cc1. The highest BCUT2D eigenvalue weighted by Gasteiger charge is 2.24. The molecule has 4 N–H and O–H groups in total. The molecule has 0 saturated carbocycles. The molecule has 0 saturated heterocycles. The van der Waals surface area contributed by atoms with Crippen LogP contribution in [0.5, 0.6) is 0 Å². The van der Waals surface area contributed by atoms with Crippen molar-refractivity contribution in [3.05, 3.63) is 89.5 Å². The Morgan fingerprint density at radius 1 is 0.895 bits per heavy atom. The summed E-state index contributed by atoms with van der Waals surface area (Å²) in [5.74, 6) is -1.38. The number of amides is 4. The predicted molar refractivity (Wildman–Crippen MR) is 145 cm³/mol. The third-order valence-electron chi connectivity index (χ3n) is 6.32. The average molecular weight is 515 g/mol. The number of carbonyl (C=O) groups excluding carboxylic acids is 3. The summed E-state index contributed by atoms with van der Waals surface area (Å²) in [6, 6.07) is 21.4. The molecule has 3 aromatic carbocycles. The van der Waals surface area contributed by atoms with Crippen LogP contribution in [0.2, 0.25) is 0 Å². The Kier molecular flexibility index (Phi) is 8.37. The van der Waals surface area contributed by atoms with E-state index >= 15 is 0 Å². The van der Waals surface area contributed by atoms with Crippen molar-refractivity contribution in [2.75, 3.05) is 22.1 Å².